The highest BCUT2D eigenvalue weighted by molar-refractivity contribution is 5.80. The van der Waals surface area contributed by atoms with Gasteiger partial charge in [-0.1, -0.05) is 12.1 Å². The Morgan fingerprint density at radius 2 is 2.00 bits per heavy atom. The number of aliphatic imine (C=N–C) groups is 1. The number of piperazine rings is 1. The Hall–Kier alpha value is -2.67. The fraction of sp³-hybridized carbons (Fsp3) is 0.450. The molecule has 1 aromatic heterocycles. The number of nitrogens with one attached hydrogen (secondary N) is 1. The Morgan fingerprint density at radius 3 is 2.67 bits per heavy atom. The van der Waals surface area contributed by atoms with E-state index in [4.69, 9.17) is 9.15 Å². The molecule has 1 atom stereocenters. The van der Waals surface area contributed by atoms with Gasteiger partial charge in [0.15, 0.2) is 5.96 Å². The number of para-hydroxylation sites is 2. The van der Waals surface area contributed by atoms with Crippen molar-refractivity contribution in [1.29, 1.82) is 0 Å². The molecule has 2 N–H and O–H groups in total. The lowest BCUT2D eigenvalue weighted by Gasteiger charge is -2.38. The fourth-order valence-corrected chi connectivity index (χ4v) is 3.22. The molecular formula is C20H28N4O3. The van der Waals surface area contributed by atoms with Gasteiger partial charge in [0, 0.05) is 32.7 Å². The second-order valence-electron chi connectivity index (χ2n) is 6.37. The van der Waals surface area contributed by atoms with Crippen molar-refractivity contribution in [2.45, 2.75) is 13.0 Å². The normalized spacial score (nSPS) is 16.3. The van der Waals surface area contributed by atoms with E-state index in [1.54, 1.807) is 25.5 Å². The molecule has 0 aliphatic carbocycles. The lowest BCUT2D eigenvalue weighted by atomic mass is 10.2. The summed E-state index contributed by atoms with van der Waals surface area (Å²) >= 11 is 0. The van der Waals surface area contributed by atoms with Gasteiger partial charge in [-0.15, -0.1) is 0 Å². The predicted molar refractivity (Wildman–Crippen MR) is 106 cm³/mol. The first-order chi connectivity index (χ1) is 13.2. The zero-order chi connectivity index (χ0) is 19.1. The van der Waals surface area contributed by atoms with Crippen molar-refractivity contribution in [3.63, 3.8) is 0 Å². The Bertz CT molecular complexity index is 725. The Kier molecular flexibility index (Phi) is 6.59. The highest BCUT2D eigenvalue weighted by Crippen LogP contribution is 2.28. The highest BCUT2D eigenvalue weighted by Gasteiger charge is 2.22. The second-order valence-corrected chi connectivity index (χ2v) is 6.37. The first-order valence-electron chi connectivity index (χ1n) is 9.35. The van der Waals surface area contributed by atoms with Gasteiger partial charge in [-0.2, -0.15) is 0 Å². The van der Waals surface area contributed by atoms with Crippen LogP contribution in [-0.4, -0.2) is 62.3 Å². The summed E-state index contributed by atoms with van der Waals surface area (Å²) in [5.41, 5.74) is 1.12. The van der Waals surface area contributed by atoms with Gasteiger partial charge in [0.2, 0.25) is 0 Å². The van der Waals surface area contributed by atoms with Gasteiger partial charge in [0.1, 0.15) is 17.6 Å². The Labute approximate surface area is 160 Å². The summed E-state index contributed by atoms with van der Waals surface area (Å²) in [6, 6.07) is 11.6. The van der Waals surface area contributed by atoms with Crippen LogP contribution in [0.4, 0.5) is 5.69 Å². The molecule has 7 nitrogen and oxygen atoms in total. The minimum absolute atomic E-state index is 0.266. The van der Waals surface area contributed by atoms with E-state index in [1.807, 2.05) is 25.1 Å². The monoisotopic (exact) mass is 372 g/mol. The maximum absolute atomic E-state index is 10.2. The average Bonchev–Trinajstić information content (AvgIpc) is 3.26. The number of hydrogen-bond donors (Lipinski definition) is 2. The van der Waals surface area contributed by atoms with Gasteiger partial charge in [-0.05, 0) is 31.2 Å². The van der Waals surface area contributed by atoms with E-state index in [0.29, 0.717) is 5.76 Å². The minimum Gasteiger partial charge on any atom is -0.495 e. The molecule has 0 radical (unpaired) electrons. The summed E-state index contributed by atoms with van der Waals surface area (Å²) in [6.07, 6.45) is 0.827. The van der Waals surface area contributed by atoms with Crippen LogP contribution in [0.2, 0.25) is 0 Å². The largest absolute Gasteiger partial charge is 0.495 e. The molecule has 146 valence electrons. The van der Waals surface area contributed by atoms with Crippen LogP contribution in [0.3, 0.4) is 0 Å². The number of nitrogens with zero attached hydrogens (tertiary/aromatic N) is 3. The van der Waals surface area contributed by atoms with E-state index in [9.17, 15) is 5.11 Å². The van der Waals surface area contributed by atoms with Crippen LogP contribution in [0, 0.1) is 0 Å². The summed E-state index contributed by atoms with van der Waals surface area (Å²) in [5.74, 6) is 2.26. The molecule has 1 aromatic carbocycles. The van der Waals surface area contributed by atoms with Crippen LogP contribution in [0.15, 0.2) is 52.1 Å². The van der Waals surface area contributed by atoms with Gasteiger partial charge in [-0.25, -0.2) is 4.99 Å². The van der Waals surface area contributed by atoms with Crippen molar-refractivity contribution in [3.05, 3.63) is 48.4 Å². The number of aliphatic hydroxyl groups is 1. The first kappa shape index (κ1) is 19.1. The maximum Gasteiger partial charge on any atom is 0.194 e. The molecule has 1 aliphatic rings. The molecule has 1 unspecified atom stereocenters. The number of rotatable bonds is 6. The van der Waals surface area contributed by atoms with Crippen molar-refractivity contribution >= 4 is 11.6 Å². The second kappa shape index (κ2) is 9.32. The van der Waals surface area contributed by atoms with E-state index in [1.165, 1.54) is 0 Å². The number of anilines is 1. The SMILES string of the molecule is CCNC(=NCC(O)c1ccco1)N1CCN(c2ccccc2OC)CC1. The standard InChI is InChI=1S/C20H28N4O3/c1-3-21-20(22-15-17(25)19-9-6-14-27-19)24-12-10-23(11-13-24)16-7-4-5-8-18(16)26-2/h4-9,14,17,25H,3,10-13,15H2,1-2H3,(H,21,22). The fourth-order valence-electron chi connectivity index (χ4n) is 3.22. The van der Waals surface area contributed by atoms with Crippen molar-refractivity contribution in [1.82, 2.24) is 10.2 Å². The maximum atomic E-state index is 10.2. The van der Waals surface area contributed by atoms with Crippen LogP contribution in [-0.2, 0) is 0 Å². The van der Waals surface area contributed by atoms with E-state index in [0.717, 1.165) is 50.1 Å². The molecule has 1 aliphatic heterocycles. The van der Waals surface area contributed by atoms with Gasteiger partial charge in [-0.3, -0.25) is 0 Å². The number of ether oxygens (including phenoxy) is 1. The van der Waals surface area contributed by atoms with Gasteiger partial charge in [0.05, 0.1) is 25.6 Å². The van der Waals surface area contributed by atoms with E-state index >= 15 is 0 Å². The number of hydrogen-bond acceptors (Lipinski definition) is 5. The van der Waals surface area contributed by atoms with Crippen LogP contribution < -0.4 is 15.0 Å². The lowest BCUT2D eigenvalue weighted by molar-refractivity contribution is 0.158. The summed E-state index contributed by atoms with van der Waals surface area (Å²) in [5, 5.41) is 13.5. The van der Waals surface area contributed by atoms with Crippen LogP contribution in [0.25, 0.3) is 0 Å². The van der Waals surface area contributed by atoms with Crippen LogP contribution in [0.1, 0.15) is 18.8 Å². The molecule has 1 saturated heterocycles. The minimum atomic E-state index is -0.733. The third kappa shape index (κ3) is 4.74. The molecule has 2 heterocycles. The van der Waals surface area contributed by atoms with Crippen molar-refractivity contribution < 1.29 is 14.3 Å². The number of furan rings is 1. The Morgan fingerprint density at radius 1 is 1.22 bits per heavy atom. The molecule has 0 amide bonds. The predicted octanol–water partition coefficient (Wildman–Crippen LogP) is 2.11. The average molecular weight is 372 g/mol. The zero-order valence-electron chi connectivity index (χ0n) is 16.0. The Balaban J connectivity index is 1.62. The first-order valence-corrected chi connectivity index (χ1v) is 9.35. The summed E-state index contributed by atoms with van der Waals surface area (Å²) < 4.78 is 10.7. The molecule has 0 saturated carbocycles. The topological polar surface area (TPSA) is 73.5 Å². The van der Waals surface area contributed by atoms with Crippen molar-refractivity contribution in [2.75, 3.05) is 51.3 Å². The lowest BCUT2D eigenvalue weighted by Crippen LogP contribution is -2.52. The molecule has 27 heavy (non-hydrogen) atoms. The molecule has 7 heteroatoms. The molecule has 2 aromatic rings. The number of guanidine groups is 1. The summed E-state index contributed by atoms with van der Waals surface area (Å²) in [6.45, 7) is 6.55. The highest BCUT2D eigenvalue weighted by atomic mass is 16.5. The van der Waals surface area contributed by atoms with Crippen LogP contribution in [0.5, 0.6) is 5.75 Å². The quantitative estimate of drug-likeness (QED) is 0.598. The molecule has 0 spiro atoms. The van der Waals surface area contributed by atoms with Gasteiger partial charge >= 0.3 is 0 Å². The zero-order valence-corrected chi connectivity index (χ0v) is 16.0. The third-order valence-electron chi connectivity index (χ3n) is 4.63. The summed E-state index contributed by atoms with van der Waals surface area (Å²) in [4.78, 5) is 9.16. The van der Waals surface area contributed by atoms with Crippen molar-refractivity contribution in [3.8, 4) is 5.75 Å². The summed E-state index contributed by atoms with van der Waals surface area (Å²) in [7, 11) is 1.70. The van der Waals surface area contributed by atoms with Crippen LogP contribution >= 0.6 is 0 Å². The van der Waals surface area contributed by atoms with Crippen molar-refractivity contribution in [2.24, 2.45) is 4.99 Å². The van der Waals surface area contributed by atoms with Gasteiger partial charge in [0.25, 0.3) is 0 Å². The molecular weight excluding hydrogens is 344 g/mol. The number of aliphatic hydroxyl groups excluding tert-OH is 1. The number of methoxy groups -OCH3 is 1. The van der Waals surface area contributed by atoms with E-state index < -0.39 is 6.10 Å². The smallest absolute Gasteiger partial charge is 0.194 e. The van der Waals surface area contributed by atoms with Gasteiger partial charge < -0.3 is 29.4 Å². The molecule has 3 rings (SSSR count). The molecule has 0 bridgehead atoms. The molecule has 1 fully saturated rings. The van der Waals surface area contributed by atoms with E-state index in [2.05, 4.69) is 26.2 Å². The number of benzene rings is 1. The van der Waals surface area contributed by atoms with E-state index in [-0.39, 0.29) is 6.54 Å². The third-order valence-corrected chi connectivity index (χ3v) is 4.63.